The summed E-state index contributed by atoms with van der Waals surface area (Å²) >= 11 is 12.0. The molecule has 3 amide bonds. The van der Waals surface area contributed by atoms with Gasteiger partial charge in [-0.2, -0.15) is 0 Å². The molecule has 0 heterocycles. The van der Waals surface area contributed by atoms with Crippen LogP contribution in [0.3, 0.4) is 0 Å². The SMILES string of the molecule is CC(C)C(NC(=O)Cc1cccc2ccccc12)C(=O)NCC(=O)Nc1cc(Cl)ccc1Cl. The maximum atomic E-state index is 12.7. The second kappa shape index (κ2) is 11.2. The summed E-state index contributed by atoms with van der Waals surface area (Å²) < 4.78 is 0. The second-order valence-corrected chi connectivity index (χ2v) is 8.84. The number of hydrogen-bond acceptors (Lipinski definition) is 3. The Hall–Kier alpha value is -3.09. The van der Waals surface area contributed by atoms with Crippen LogP contribution in [0, 0.1) is 5.92 Å². The average Bonchev–Trinajstić information content (AvgIpc) is 2.78. The van der Waals surface area contributed by atoms with Crippen molar-refractivity contribution in [3.8, 4) is 0 Å². The van der Waals surface area contributed by atoms with Crippen LogP contribution >= 0.6 is 23.2 Å². The number of carbonyl (C=O) groups excluding carboxylic acids is 3. The molecule has 0 saturated heterocycles. The summed E-state index contributed by atoms with van der Waals surface area (Å²) in [7, 11) is 0. The zero-order valence-electron chi connectivity index (χ0n) is 18.3. The van der Waals surface area contributed by atoms with Crippen molar-refractivity contribution in [2.45, 2.75) is 26.3 Å². The molecule has 0 aliphatic heterocycles. The molecule has 3 aromatic carbocycles. The Labute approximate surface area is 202 Å². The maximum absolute atomic E-state index is 12.7. The molecule has 8 heteroatoms. The van der Waals surface area contributed by atoms with Crippen molar-refractivity contribution in [3.63, 3.8) is 0 Å². The molecule has 0 fully saturated rings. The topological polar surface area (TPSA) is 87.3 Å². The first-order chi connectivity index (χ1) is 15.7. The number of fused-ring (bicyclic) bond motifs is 1. The normalized spacial score (nSPS) is 11.8. The van der Waals surface area contributed by atoms with Gasteiger partial charge in [-0.1, -0.05) is 79.5 Å². The number of hydrogen-bond donors (Lipinski definition) is 3. The van der Waals surface area contributed by atoms with E-state index in [2.05, 4.69) is 16.0 Å². The fraction of sp³-hybridized carbons (Fsp3) is 0.240. The maximum Gasteiger partial charge on any atom is 0.243 e. The second-order valence-electron chi connectivity index (χ2n) is 7.99. The fourth-order valence-electron chi connectivity index (χ4n) is 3.44. The van der Waals surface area contributed by atoms with Crippen LogP contribution < -0.4 is 16.0 Å². The molecule has 0 radical (unpaired) electrons. The number of halogens is 2. The largest absolute Gasteiger partial charge is 0.345 e. The molecule has 0 saturated carbocycles. The van der Waals surface area contributed by atoms with Crippen LogP contribution in [-0.4, -0.2) is 30.3 Å². The van der Waals surface area contributed by atoms with Crippen LogP contribution in [0.1, 0.15) is 19.4 Å². The van der Waals surface area contributed by atoms with Gasteiger partial charge in [-0.3, -0.25) is 14.4 Å². The molecule has 6 nitrogen and oxygen atoms in total. The number of rotatable bonds is 8. The molecule has 0 aromatic heterocycles. The Morgan fingerprint density at radius 2 is 1.64 bits per heavy atom. The Kier molecular flexibility index (Phi) is 8.31. The van der Waals surface area contributed by atoms with E-state index < -0.39 is 17.9 Å². The lowest BCUT2D eigenvalue weighted by molar-refractivity contribution is -0.130. The highest BCUT2D eigenvalue weighted by Crippen LogP contribution is 2.25. The van der Waals surface area contributed by atoms with Crippen molar-refractivity contribution in [1.82, 2.24) is 10.6 Å². The first-order valence-electron chi connectivity index (χ1n) is 10.5. The van der Waals surface area contributed by atoms with Crippen LogP contribution in [0.25, 0.3) is 10.8 Å². The quantitative estimate of drug-likeness (QED) is 0.436. The first-order valence-corrected chi connectivity index (χ1v) is 11.3. The highest BCUT2D eigenvalue weighted by molar-refractivity contribution is 6.35. The zero-order valence-corrected chi connectivity index (χ0v) is 19.8. The minimum Gasteiger partial charge on any atom is -0.345 e. The summed E-state index contributed by atoms with van der Waals surface area (Å²) in [6.45, 7) is 3.38. The third-order valence-electron chi connectivity index (χ3n) is 5.12. The number of nitrogens with one attached hydrogen (secondary N) is 3. The average molecular weight is 486 g/mol. The molecule has 1 atom stereocenters. The fourth-order valence-corrected chi connectivity index (χ4v) is 3.78. The smallest absolute Gasteiger partial charge is 0.243 e. The van der Waals surface area contributed by atoms with Gasteiger partial charge in [0.2, 0.25) is 17.7 Å². The third-order valence-corrected chi connectivity index (χ3v) is 5.69. The van der Waals surface area contributed by atoms with Crippen molar-refractivity contribution in [2.24, 2.45) is 5.92 Å². The van der Waals surface area contributed by atoms with E-state index in [1.165, 1.54) is 6.07 Å². The van der Waals surface area contributed by atoms with Gasteiger partial charge in [0.1, 0.15) is 6.04 Å². The number of benzene rings is 3. The van der Waals surface area contributed by atoms with E-state index >= 15 is 0 Å². The van der Waals surface area contributed by atoms with Gasteiger partial charge in [0.05, 0.1) is 23.7 Å². The highest BCUT2D eigenvalue weighted by Gasteiger charge is 2.25. The van der Waals surface area contributed by atoms with Crippen molar-refractivity contribution in [1.29, 1.82) is 0 Å². The first kappa shape index (κ1) is 24.6. The van der Waals surface area contributed by atoms with Gasteiger partial charge in [-0.25, -0.2) is 0 Å². The van der Waals surface area contributed by atoms with Crippen molar-refractivity contribution >= 4 is 57.4 Å². The molecule has 0 aliphatic rings. The Balaban J connectivity index is 1.58. The van der Waals surface area contributed by atoms with Gasteiger partial charge < -0.3 is 16.0 Å². The predicted molar refractivity (Wildman–Crippen MR) is 133 cm³/mol. The van der Waals surface area contributed by atoms with E-state index in [0.717, 1.165) is 16.3 Å². The van der Waals surface area contributed by atoms with Gasteiger partial charge in [-0.15, -0.1) is 0 Å². The summed E-state index contributed by atoms with van der Waals surface area (Å²) in [6.07, 6.45) is 0.144. The summed E-state index contributed by atoms with van der Waals surface area (Å²) in [4.78, 5) is 37.7. The molecule has 3 rings (SSSR count). The molecule has 3 N–H and O–H groups in total. The van der Waals surface area contributed by atoms with Gasteiger partial charge in [0.25, 0.3) is 0 Å². The van der Waals surface area contributed by atoms with Gasteiger partial charge in [0.15, 0.2) is 0 Å². The minimum atomic E-state index is -0.782. The van der Waals surface area contributed by atoms with E-state index in [9.17, 15) is 14.4 Å². The highest BCUT2D eigenvalue weighted by atomic mass is 35.5. The summed E-state index contributed by atoms with van der Waals surface area (Å²) in [5, 5.41) is 10.8. The number of amides is 3. The molecular formula is C25H25Cl2N3O3. The summed E-state index contributed by atoms with van der Waals surface area (Å²) in [6, 6.07) is 17.5. The summed E-state index contributed by atoms with van der Waals surface area (Å²) in [5.74, 6) is -1.34. The van der Waals surface area contributed by atoms with Crippen LogP contribution in [-0.2, 0) is 20.8 Å². The van der Waals surface area contributed by atoms with Crippen LogP contribution in [0.2, 0.25) is 10.0 Å². The van der Waals surface area contributed by atoms with E-state index in [4.69, 9.17) is 23.2 Å². The Bertz CT molecular complexity index is 1180. The van der Waals surface area contributed by atoms with Gasteiger partial charge in [-0.05, 0) is 40.5 Å². The molecule has 33 heavy (non-hydrogen) atoms. The van der Waals surface area contributed by atoms with Crippen LogP contribution in [0.5, 0.6) is 0 Å². The van der Waals surface area contributed by atoms with E-state index in [1.807, 2.05) is 56.3 Å². The van der Waals surface area contributed by atoms with E-state index in [0.29, 0.717) is 15.7 Å². The van der Waals surface area contributed by atoms with Gasteiger partial charge in [0, 0.05) is 5.02 Å². The van der Waals surface area contributed by atoms with Crippen molar-refractivity contribution in [2.75, 3.05) is 11.9 Å². The molecular weight excluding hydrogens is 461 g/mol. The standard InChI is InChI=1S/C25H25Cl2N3O3/c1-15(2)24(25(33)28-14-23(32)29-21-13-18(26)10-11-20(21)27)30-22(31)12-17-8-5-7-16-6-3-4-9-19(16)17/h3-11,13,15,24H,12,14H2,1-2H3,(H,28,33)(H,29,32)(H,30,31). The predicted octanol–water partition coefficient (Wildman–Crippen LogP) is 4.58. The Morgan fingerprint density at radius 1 is 0.909 bits per heavy atom. The molecule has 3 aromatic rings. The van der Waals surface area contributed by atoms with Crippen molar-refractivity contribution in [3.05, 3.63) is 76.3 Å². The Morgan fingerprint density at radius 3 is 2.39 bits per heavy atom. The van der Waals surface area contributed by atoms with Crippen LogP contribution in [0.15, 0.2) is 60.7 Å². The van der Waals surface area contributed by atoms with E-state index in [1.54, 1.807) is 12.1 Å². The van der Waals surface area contributed by atoms with E-state index in [-0.39, 0.29) is 24.8 Å². The molecule has 172 valence electrons. The zero-order chi connectivity index (χ0) is 24.0. The lowest BCUT2D eigenvalue weighted by Crippen LogP contribution is -2.51. The molecule has 1 unspecified atom stereocenters. The summed E-state index contributed by atoms with van der Waals surface area (Å²) in [5.41, 5.74) is 1.23. The lowest BCUT2D eigenvalue weighted by Gasteiger charge is -2.22. The molecule has 0 bridgehead atoms. The third kappa shape index (κ3) is 6.70. The lowest BCUT2D eigenvalue weighted by atomic mass is 10.0. The van der Waals surface area contributed by atoms with Crippen LogP contribution in [0.4, 0.5) is 5.69 Å². The number of carbonyl (C=O) groups is 3. The molecule has 0 aliphatic carbocycles. The monoisotopic (exact) mass is 485 g/mol. The van der Waals surface area contributed by atoms with Crippen molar-refractivity contribution < 1.29 is 14.4 Å². The minimum absolute atomic E-state index is 0.144. The molecule has 0 spiro atoms. The number of anilines is 1. The van der Waals surface area contributed by atoms with Gasteiger partial charge >= 0.3 is 0 Å².